The molecule has 0 aliphatic heterocycles. The Labute approximate surface area is 111 Å². The second kappa shape index (κ2) is 4.43. The lowest BCUT2D eigenvalue weighted by molar-refractivity contribution is -0.117. The third-order valence-electron chi connectivity index (χ3n) is 3.35. The molecule has 0 N–H and O–H groups in total. The summed E-state index contributed by atoms with van der Waals surface area (Å²) >= 11 is 0. The van der Waals surface area contributed by atoms with Crippen LogP contribution in [0.15, 0.2) is 36.4 Å². The molecule has 1 aliphatic carbocycles. The van der Waals surface area contributed by atoms with Gasteiger partial charge in [0.15, 0.2) is 5.78 Å². The summed E-state index contributed by atoms with van der Waals surface area (Å²) in [5, 5.41) is 0.950. The van der Waals surface area contributed by atoms with E-state index in [1.54, 1.807) is 6.08 Å². The number of benzene rings is 1. The molecule has 3 nitrogen and oxygen atoms in total. The first kappa shape index (κ1) is 11.8. The highest BCUT2D eigenvalue weighted by molar-refractivity contribution is 6.07. The van der Waals surface area contributed by atoms with Gasteiger partial charge in [-0.15, -0.1) is 0 Å². The van der Waals surface area contributed by atoms with Crippen LogP contribution in [-0.4, -0.2) is 16.6 Å². The number of ketones is 2. The van der Waals surface area contributed by atoms with E-state index in [1.807, 2.05) is 36.4 Å². The maximum absolute atomic E-state index is 12.4. The van der Waals surface area contributed by atoms with Gasteiger partial charge in [0.05, 0.1) is 11.2 Å². The smallest absolute Gasteiger partial charge is 0.172 e. The SMILES string of the molecule is CC(=O)CC1C=Cc2nc3ccccc3cc2C1=O. The quantitative estimate of drug-likeness (QED) is 0.824. The molecule has 0 saturated heterocycles. The van der Waals surface area contributed by atoms with Crippen molar-refractivity contribution >= 4 is 28.5 Å². The Balaban J connectivity index is 2.10. The van der Waals surface area contributed by atoms with Crippen molar-refractivity contribution in [1.82, 2.24) is 4.98 Å². The number of pyridine rings is 1. The zero-order valence-corrected chi connectivity index (χ0v) is 10.6. The summed E-state index contributed by atoms with van der Waals surface area (Å²) in [6.45, 7) is 1.51. The van der Waals surface area contributed by atoms with Gasteiger partial charge >= 0.3 is 0 Å². The first-order chi connectivity index (χ1) is 9.15. The molecule has 0 fully saturated rings. The molecule has 0 radical (unpaired) electrons. The van der Waals surface area contributed by atoms with Crippen LogP contribution in [0.2, 0.25) is 0 Å². The molecule has 2 aromatic rings. The van der Waals surface area contributed by atoms with Gasteiger partial charge in [-0.25, -0.2) is 4.98 Å². The minimum atomic E-state index is -0.340. The van der Waals surface area contributed by atoms with Crippen LogP contribution in [0.4, 0.5) is 0 Å². The zero-order valence-electron chi connectivity index (χ0n) is 10.6. The molecule has 1 unspecified atom stereocenters. The lowest BCUT2D eigenvalue weighted by Gasteiger charge is -2.17. The standard InChI is InChI=1S/C16H13NO2/c1-10(18)8-12-6-7-15-13(16(12)19)9-11-4-2-3-5-14(11)17-15/h2-7,9,12H,8H2,1H3. The van der Waals surface area contributed by atoms with Crippen LogP contribution >= 0.6 is 0 Å². The number of carbonyl (C=O) groups excluding carboxylic acids is 2. The predicted octanol–water partition coefficient (Wildman–Crippen LogP) is 3.04. The van der Waals surface area contributed by atoms with Crippen molar-refractivity contribution in [1.29, 1.82) is 0 Å². The number of nitrogens with zero attached hydrogens (tertiary/aromatic N) is 1. The molecule has 1 aromatic carbocycles. The summed E-state index contributed by atoms with van der Waals surface area (Å²) in [6.07, 6.45) is 3.90. The van der Waals surface area contributed by atoms with E-state index in [-0.39, 0.29) is 23.9 Å². The van der Waals surface area contributed by atoms with E-state index in [9.17, 15) is 9.59 Å². The van der Waals surface area contributed by atoms with Crippen LogP contribution < -0.4 is 0 Å². The highest BCUT2D eigenvalue weighted by Gasteiger charge is 2.25. The summed E-state index contributed by atoms with van der Waals surface area (Å²) in [4.78, 5) is 28.0. The molecule has 1 aromatic heterocycles. The maximum Gasteiger partial charge on any atom is 0.172 e. The minimum Gasteiger partial charge on any atom is -0.300 e. The van der Waals surface area contributed by atoms with Crippen LogP contribution in [0.5, 0.6) is 0 Å². The van der Waals surface area contributed by atoms with Gasteiger partial charge in [0, 0.05) is 23.3 Å². The Morgan fingerprint density at radius 2 is 2.11 bits per heavy atom. The minimum absolute atomic E-state index is 0.00838. The van der Waals surface area contributed by atoms with Gasteiger partial charge in [-0.1, -0.05) is 24.3 Å². The van der Waals surface area contributed by atoms with E-state index in [4.69, 9.17) is 0 Å². The van der Waals surface area contributed by atoms with Gasteiger partial charge in [-0.2, -0.15) is 0 Å². The number of carbonyl (C=O) groups is 2. The Hall–Kier alpha value is -2.29. The third kappa shape index (κ3) is 2.08. The first-order valence-electron chi connectivity index (χ1n) is 6.27. The Morgan fingerprint density at radius 1 is 1.32 bits per heavy atom. The number of allylic oxidation sites excluding steroid dienone is 1. The molecule has 1 heterocycles. The van der Waals surface area contributed by atoms with Gasteiger partial charge in [0.1, 0.15) is 5.78 Å². The van der Waals surface area contributed by atoms with E-state index < -0.39 is 0 Å². The fourth-order valence-electron chi connectivity index (χ4n) is 2.42. The molecule has 0 spiro atoms. The average Bonchev–Trinajstić information content (AvgIpc) is 2.40. The number of aromatic nitrogens is 1. The lowest BCUT2D eigenvalue weighted by atomic mass is 9.87. The van der Waals surface area contributed by atoms with E-state index in [0.717, 1.165) is 10.9 Å². The van der Waals surface area contributed by atoms with Crippen molar-refractivity contribution in [2.24, 2.45) is 5.92 Å². The van der Waals surface area contributed by atoms with Crippen molar-refractivity contribution < 1.29 is 9.59 Å². The summed E-state index contributed by atoms with van der Waals surface area (Å²) in [6, 6.07) is 9.58. The molecular weight excluding hydrogens is 238 g/mol. The average molecular weight is 251 g/mol. The normalized spacial score (nSPS) is 17.5. The lowest BCUT2D eigenvalue weighted by Crippen LogP contribution is -2.20. The molecule has 0 amide bonds. The highest BCUT2D eigenvalue weighted by Crippen LogP contribution is 2.26. The molecule has 3 rings (SSSR count). The van der Waals surface area contributed by atoms with Crippen molar-refractivity contribution in [2.75, 3.05) is 0 Å². The van der Waals surface area contributed by atoms with E-state index in [0.29, 0.717) is 11.3 Å². The first-order valence-corrected chi connectivity index (χ1v) is 6.27. The summed E-state index contributed by atoms with van der Waals surface area (Å²) in [5.74, 6) is -0.320. The molecular formula is C16H13NO2. The topological polar surface area (TPSA) is 47.0 Å². The fraction of sp³-hybridized carbons (Fsp3) is 0.188. The van der Waals surface area contributed by atoms with Gasteiger partial charge in [0.25, 0.3) is 0 Å². The zero-order chi connectivity index (χ0) is 13.4. The number of Topliss-reactive ketones (excluding diaryl/α,β-unsaturated/α-hetero) is 2. The van der Waals surface area contributed by atoms with Gasteiger partial charge in [-0.05, 0) is 25.1 Å². The summed E-state index contributed by atoms with van der Waals surface area (Å²) in [7, 11) is 0. The predicted molar refractivity (Wildman–Crippen MR) is 73.9 cm³/mol. The number of fused-ring (bicyclic) bond motifs is 2. The van der Waals surface area contributed by atoms with Crippen LogP contribution in [0, 0.1) is 5.92 Å². The summed E-state index contributed by atoms with van der Waals surface area (Å²) in [5.41, 5.74) is 2.19. The van der Waals surface area contributed by atoms with Crippen LogP contribution in [0.25, 0.3) is 17.0 Å². The molecule has 19 heavy (non-hydrogen) atoms. The van der Waals surface area contributed by atoms with Crippen LogP contribution in [-0.2, 0) is 4.79 Å². The third-order valence-corrected chi connectivity index (χ3v) is 3.35. The number of hydrogen-bond donors (Lipinski definition) is 0. The second-order valence-electron chi connectivity index (χ2n) is 4.85. The number of rotatable bonds is 2. The van der Waals surface area contributed by atoms with Crippen LogP contribution in [0.3, 0.4) is 0 Å². The maximum atomic E-state index is 12.4. The molecule has 1 aliphatic rings. The monoisotopic (exact) mass is 251 g/mol. The van der Waals surface area contributed by atoms with Crippen molar-refractivity contribution in [3.63, 3.8) is 0 Å². The number of hydrogen-bond acceptors (Lipinski definition) is 3. The second-order valence-corrected chi connectivity index (χ2v) is 4.85. The Kier molecular flexibility index (Phi) is 2.75. The van der Waals surface area contributed by atoms with Crippen LogP contribution in [0.1, 0.15) is 29.4 Å². The fourth-order valence-corrected chi connectivity index (χ4v) is 2.42. The molecule has 0 bridgehead atoms. The Bertz CT molecular complexity index is 716. The van der Waals surface area contributed by atoms with E-state index in [1.165, 1.54) is 6.92 Å². The number of para-hydroxylation sites is 1. The van der Waals surface area contributed by atoms with Crippen molar-refractivity contribution in [3.05, 3.63) is 47.7 Å². The molecule has 1 atom stereocenters. The van der Waals surface area contributed by atoms with Gasteiger partial charge < -0.3 is 0 Å². The van der Waals surface area contributed by atoms with E-state index >= 15 is 0 Å². The van der Waals surface area contributed by atoms with Crippen molar-refractivity contribution in [3.8, 4) is 0 Å². The largest absolute Gasteiger partial charge is 0.300 e. The van der Waals surface area contributed by atoms with Gasteiger partial charge in [0.2, 0.25) is 0 Å². The summed E-state index contributed by atoms with van der Waals surface area (Å²) < 4.78 is 0. The molecule has 3 heteroatoms. The molecule has 94 valence electrons. The Morgan fingerprint density at radius 3 is 2.89 bits per heavy atom. The molecule has 0 saturated carbocycles. The van der Waals surface area contributed by atoms with Crippen molar-refractivity contribution in [2.45, 2.75) is 13.3 Å². The van der Waals surface area contributed by atoms with Gasteiger partial charge in [-0.3, -0.25) is 9.59 Å². The van der Waals surface area contributed by atoms with E-state index in [2.05, 4.69) is 4.98 Å². The highest BCUT2D eigenvalue weighted by atomic mass is 16.1.